The average molecular weight is 204 g/mol. The molecule has 1 aromatic carbocycles. The van der Waals surface area contributed by atoms with Gasteiger partial charge in [-0.15, -0.1) is 0 Å². The third-order valence-electron chi connectivity index (χ3n) is 2.62. The Hall–Kier alpha value is -1.71. The SMILES string of the molecule is c1cc2c(cc1C1=NNCCC1)OCO2. The summed E-state index contributed by atoms with van der Waals surface area (Å²) in [5.41, 5.74) is 5.23. The number of nitrogens with one attached hydrogen (secondary N) is 1. The molecule has 0 unspecified atom stereocenters. The van der Waals surface area contributed by atoms with Crippen LogP contribution in [0.5, 0.6) is 11.5 Å². The molecule has 0 fully saturated rings. The highest BCUT2D eigenvalue weighted by molar-refractivity contribution is 6.01. The summed E-state index contributed by atoms with van der Waals surface area (Å²) in [6.07, 6.45) is 2.15. The van der Waals surface area contributed by atoms with Crippen LogP contribution in [0.3, 0.4) is 0 Å². The van der Waals surface area contributed by atoms with Crippen molar-refractivity contribution in [3.8, 4) is 11.5 Å². The fourth-order valence-electron chi connectivity index (χ4n) is 1.83. The molecule has 15 heavy (non-hydrogen) atoms. The van der Waals surface area contributed by atoms with E-state index >= 15 is 0 Å². The molecule has 0 aromatic heterocycles. The van der Waals surface area contributed by atoms with Crippen molar-refractivity contribution >= 4 is 5.71 Å². The lowest BCUT2D eigenvalue weighted by Gasteiger charge is -2.13. The molecule has 0 bridgehead atoms. The van der Waals surface area contributed by atoms with Crippen molar-refractivity contribution in [2.45, 2.75) is 12.8 Å². The smallest absolute Gasteiger partial charge is 0.231 e. The van der Waals surface area contributed by atoms with Crippen molar-refractivity contribution in [3.05, 3.63) is 23.8 Å². The molecule has 2 aliphatic heterocycles. The molecular formula is C11H12N2O2. The molecule has 4 nitrogen and oxygen atoms in total. The highest BCUT2D eigenvalue weighted by Crippen LogP contribution is 2.33. The van der Waals surface area contributed by atoms with E-state index in [9.17, 15) is 0 Å². The van der Waals surface area contributed by atoms with Gasteiger partial charge in [-0.1, -0.05) is 0 Å². The first-order chi connectivity index (χ1) is 7.43. The van der Waals surface area contributed by atoms with Gasteiger partial charge in [-0.25, -0.2) is 0 Å². The van der Waals surface area contributed by atoms with Crippen molar-refractivity contribution in [1.29, 1.82) is 0 Å². The molecule has 1 aromatic rings. The van der Waals surface area contributed by atoms with E-state index in [4.69, 9.17) is 9.47 Å². The van der Waals surface area contributed by atoms with Crippen LogP contribution in [0.25, 0.3) is 0 Å². The van der Waals surface area contributed by atoms with Crippen molar-refractivity contribution < 1.29 is 9.47 Å². The lowest BCUT2D eigenvalue weighted by molar-refractivity contribution is 0.174. The summed E-state index contributed by atoms with van der Waals surface area (Å²) in [6, 6.07) is 5.96. The molecule has 0 saturated heterocycles. The second kappa shape index (κ2) is 3.46. The molecule has 0 saturated carbocycles. The molecule has 0 amide bonds. The summed E-state index contributed by atoms with van der Waals surface area (Å²) in [6.45, 7) is 1.29. The maximum atomic E-state index is 5.33. The quantitative estimate of drug-likeness (QED) is 0.753. The number of benzene rings is 1. The third kappa shape index (κ3) is 1.52. The van der Waals surface area contributed by atoms with E-state index in [1.807, 2.05) is 18.2 Å². The van der Waals surface area contributed by atoms with E-state index in [-0.39, 0.29) is 0 Å². The molecule has 0 radical (unpaired) electrons. The third-order valence-corrected chi connectivity index (χ3v) is 2.62. The van der Waals surface area contributed by atoms with Crippen LogP contribution in [0.1, 0.15) is 18.4 Å². The highest BCUT2D eigenvalue weighted by atomic mass is 16.7. The number of rotatable bonds is 1. The van der Waals surface area contributed by atoms with Crippen LogP contribution in [0.2, 0.25) is 0 Å². The normalized spacial score (nSPS) is 18.3. The number of nitrogens with zero attached hydrogens (tertiary/aromatic N) is 1. The van der Waals surface area contributed by atoms with E-state index in [2.05, 4.69) is 10.5 Å². The molecule has 1 N–H and O–H groups in total. The Morgan fingerprint density at radius 3 is 3.00 bits per heavy atom. The Bertz CT molecular complexity index is 415. The van der Waals surface area contributed by atoms with Crippen LogP contribution in [-0.4, -0.2) is 19.0 Å². The molecule has 78 valence electrons. The lowest BCUT2D eigenvalue weighted by Crippen LogP contribution is -2.19. The molecule has 4 heteroatoms. The van der Waals surface area contributed by atoms with Gasteiger partial charge in [-0.05, 0) is 31.0 Å². The first-order valence-electron chi connectivity index (χ1n) is 5.13. The second-order valence-electron chi connectivity index (χ2n) is 3.64. The summed E-state index contributed by atoms with van der Waals surface area (Å²) >= 11 is 0. The first-order valence-corrected chi connectivity index (χ1v) is 5.13. The van der Waals surface area contributed by atoms with Gasteiger partial charge in [0, 0.05) is 12.1 Å². The lowest BCUT2D eigenvalue weighted by atomic mass is 10.0. The van der Waals surface area contributed by atoms with Gasteiger partial charge in [0.2, 0.25) is 6.79 Å². The predicted octanol–water partition coefficient (Wildman–Crippen LogP) is 1.50. The Balaban J connectivity index is 1.95. The predicted molar refractivity (Wildman–Crippen MR) is 56.3 cm³/mol. The maximum absolute atomic E-state index is 5.33. The highest BCUT2D eigenvalue weighted by Gasteiger charge is 2.16. The average Bonchev–Trinajstić information content (AvgIpc) is 2.77. The van der Waals surface area contributed by atoms with Gasteiger partial charge in [0.15, 0.2) is 11.5 Å². The van der Waals surface area contributed by atoms with Gasteiger partial charge in [-0.2, -0.15) is 5.10 Å². The van der Waals surface area contributed by atoms with Crippen LogP contribution in [0, 0.1) is 0 Å². The van der Waals surface area contributed by atoms with Gasteiger partial charge < -0.3 is 14.9 Å². The van der Waals surface area contributed by atoms with Crippen LogP contribution in [-0.2, 0) is 0 Å². The van der Waals surface area contributed by atoms with E-state index in [1.165, 1.54) is 0 Å². The fraction of sp³-hybridized carbons (Fsp3) is 0.364. The molecule has 3 rings (SSSR count). The monoisotopic (exact) mass is 204 g/mol. The Labute approximate surface area is 87.9 Å². The van der Waals surface area contributed by atoms with E-state index in [0.717, 1.165) is 42.2 Å². The number of hydrogen-bond acceptors (Lipinski definition) is 4. The minimum absolute atomic E-state index is 0.323. The topological polar surface area (TPSA) is 42.9 Å². The molecule has 0 spiro atoms. The zero-order valence-corrected chi connectivity index (χ0v) is 8.32. The van der Waals surface area contributed by atoms with Crippen LogP contribution < -0.4 is 14.9 Å². The summed E-state index contributed by atoms with van der Waals surface area (Å²) in [7, 11) is 0. The second-order valence-corrected chi connectivity index (χ2v) is 3.64. The number of hydrazone groups is 1. The summed E-state index contributed by atoms with van der Waals surface area (Å²) in [5.74, 6) is 1.64. The standard InChI is InChI=1S/C11H12N2O2/c1-2-9(13-12-5-1)8-3-4-10-11(6-8)15-7-14-10/h3-4,6,12H,1-2,5,7H2. The zero-order valence-electron chi connectivity index (χ0n) is 8.32. The summed E-state index contributed by atoms with van der Waals surface area (Å²) in [5, 5.41) is 4.30. The number of hydrogen-bond donors (Lipinski definition) is 1. The van der Waals surface area contributed by atoms with Crippen molar-refractivity contribution in [3.63, 3.8) is 0 Å². The van der Waals surface area contributed by atoms with Crippen LogP contribution in [0.15, 0.2) is 23.3 Å². The van der Waals surface area contributed by atoms with Crippen molar-refractivity contribution in [2.24, 2.45) is 5.10 Å². The maximum Gasteiger partial charge on any atom is 0.231 e. The van der Waals surface area contributed by atoms with E-state index < -0.39 is 0 Å². The van der Waals surface area contributed by atoms with Gasteiger partial charge in [0.25, 0.3) is 0 Å². The van der Waals surface area contributed by atoms with E-state index in [0.29, 0.717) is 6.79 Å². The molecule has 2 aliphatic rings. The van der Waals surface area contributed by atoms with Gasteiger partial charge in [-0.3, -0.25) is 0 Å². The fourth-order valence-corrected chi connectivity index (χ4v) is 1.83. The Morgan fingerprint density at radius 1 is 1.20 bits per heavy atom. The van der Waals surface area contributed by atoms with E-state index in [1.54, 1.807) is 0 Å². The molecule has 0 atom stereocenters. The minimum Gasteiger partial charge on any atom is -0.454 e. The number of ether oxygens (including phenoxy) is 2. The summed E-state index contributed by atoms with van der Waals surface area (Å²) < 4.78 is 10.6. The van der Waals surface area contributed by atoms with Gasteiger partial charge >= 0.3 is 0 Å². The first kappa shape index (κ1) is 8.59. The largest absolute Gasteiger partial charge is 0.454 e. The number of fused-ring (bicyclic) bond motifs is 1. The minimum atomic E-state index is 0.323. The Kier molecular flexibility index (Phi) is 1.98. The molecule has 2 heterocycles. The molecule has 0 aliphatic carbocycles. The Morgan fingerprint density at radius 2 is 2.13 bits per heavy atom. The summed E-state index contributed by atoms with van der Waals surface area (Å²) in [4.78, 5) is 0. The van der Waals surface area contributed by atoms with Gasteiger partial charge in [0.05, 0.1) is 5.71 Å². The molecular weight excluding hydrogens is 192 g/mol. The van der Waals surface area contributed by atoms with Crippen molar-refractivity contribution in [1.82, 2.24) is 5.43 Å². The van der Waals surface area contributed by atoms with Gasteiger partial charge in [0.1, 0.15) is 0 Å². The van der Waals surface area contributed by atoms with Crippen LogP contribution >= 0.6 is 0 Å². The zero-order chi connectivity index (χ0) is 10.1. The van der Waals surface area contributed by atoms with Crippen molar-refractivity contribution in [2.75, 3.05) is 13.3 Å². The van der Waals surface area contributed by atoms with Crippen LogP contribution in [0.4, 0.5) is 0 Å².